The maximum absolute atomic E-state index is 11.7. The number of benzene rings is 2. The van der Waals surface area contributed by atoms with E-state index < -0.39 is 18.2 Å². The number of likely N-dealkylation sites (tertiary alicyclic amines) is 1. The summed E-state index contributed by atoms with van der Waals surface area (Å²) in [6.45, 7) is 4.27. The van der Waals surface area contributed by atoms with E-state index in [2.05, 4.69) is 44.8 Å². The van der Waals surface area contributed by atoms with Gasteiger partial charge in [0, 0.05) is 44.0 Å². The highest BCUT2D eigenvalue weighted by Crippen LogP contribution is 2.36. The molecule has 16 heteroatoms. The highest BCUT2D eigenvalue weighted by molar-refractivity contribution is 5.89. The number of anilines is 2. The van der Waals surface area contributed by atoms with E-state index in [-0.39, 0.29) is 31.4 Å². The van der Waals surface area contributed by atoms with Crippen molar-refractivity contribution >= 4 is 34.6 Å². The molecule has 50 heavy (non-hydrogen) atoms. The number of morpholine rings is 1. The Hall–Kier alpha value is -4.80. The van der Waals surface area contributed by atoms with Crippen molar-refractivity contribution in [3.8, 4) is 11.4 Å². The number of halogens is 3. The molecule has 3 aliphatic heterocycles. The Bertz CT molecular complexity index is 1770. The van der Waals surface area contributed by atoms with Crippen molar-refractivity contribution in [3.05, 3.63) is 66.4 Å². The topological polar surface area (TPSA) is 157 Å². The van der Waals surface area contributed by atoms with Crippen LogP contribution in [0.2, 0.25) is 0 Å². The third-order valence-electron chi connectivity index (χ3n) is 9.16. The average Bonchev–Trinajstić information content (AvgIpc) is 3.69. The van der Waals surface area contributed by atoms with Crippen molar-refractivity contribution in [2.24, 2.45) is 0 Å². The summed E-state index contributed by atoms with van der Waals surface area (Å²) in [5.41, 5.74) is 3.45. The number of aliphatic hydroxyl groups excluding tert-OH is 1. The van der Waals surface area contributed by atoms with E-state index in [0.29, 0.717) is 11.5 Å². The van der Waals surface area contributed by atoms with Crippen LogP contribution in [0.5, 0.6) is 0 Å². The highest BCUT2D eigenvalue weighted by Gasteiger charge is 2.38. The van der Waals surface area contributed by atoms with E-state index in [0.717, 1.165) is 85.7 Å². The summed E-state index contributed by atoms with van der Waals surface area (Å²) in [5, 5.41) is 31.9. The lowest BCUT2D eigenvalue weighted by Gasteiger charge is -2.33. The zero-order valence-corrected chi connectivity index (χ0v) is 27.1. The van der Waals surface area contributed by atoms with E-state index in [9.17, 15) is 28.2 Å². The third-order valence-corrected chi connectivity index (χ3v) is 9.16. The van der Waals surface area contributed by atoms with Gasteiger partial charge in [0.2, 0.25) is 0 Å². The summed E-state index contributed by atoms with van der Waals surface area (Å²) in [6.07, 6.45) is 0.270. The van der Waals surface area contributed by atoms with Crippen LogP contribution in [0.1, 0.15) is 37.3 Å². The number of rotatable bonds is 8. The number of hydrogen-bond acceptors (Lipinski definition) is 9. The highest BCUT2D eigenvalue weighted by atomic mass is 19.4. The van der Waals surface area contributed by atoms with Crippen molar-refractivity contribution in [2.75, 3.05) is 49.1 Å². The van der Waals surface area contributed by atoms with Crippen LogP contribution < -0.4 is 9.80 Å². The zero-order chi connectivity index (χ0) is 35.4. The summed E-state index contributed by atoms with van der Waals surface area (Å²) >= 11 is 0. The second-order valence-corrected chi connectivity index (χ2v) is 12.6. The standard InChI is InChI=1S/C32H37N7O4.C2HF3O2/c40-17-16-38(32(41)42)24-8-6-23(7-9-24)29-34-30(37-20-26-10-11-27(21-37)43-26)28-18-33-39(31(28)35-29)25-12-14-36(15-13-25)19-22-4-2-1-3-5-22;3-2(4,5)1(6)7/h1-9,18,25-27,40H,10-17,19-21H2,(H,41,42);(H,6,7). The van der Waals surface area contributed by atoms with E-state index >= 15 is 0 Å². The molecule has 2 aromatic heterocycles. The van der Waals surface area contributed by atoms with Crippen LogP contribution >= 0.6 is 0 Å². The number of piperidine rings is 1. The zero-order valence-electron chi connectivity index (χ0n) is 27.1. The summed E-state index contributed by atoms with van der Waals surface area (Å²) in [6, 6.07) is 18.0. The fraction of sp³-hybridized carbons (Fsp3) is 0.441. The molecular formula is C34H38F3N7O6. The number of hydrogen-bond donors (Lipinski definition) is 3. The first-order chi connectivity index (χ1) is 24.0. The van der Waals surface area contributed by atoms with Gasteiger partial charge in [0.25, 0.3) is 0 Å². The molecule has 0 radical (unpaired) electrons. The number of aliphatic carboxylic acids is 1. The van der Waals surface area contributed by atoms with Crippen molar-refractivity contribution in [2.45, 2.75) is 56.7 Å². The Kier molecular flexibility index (Phi) is 10.5. The van der Waals surface area contributed by atoms with Crippen molar-refractivity contribution in [1.82, 2.24) is 24.6 Å². The maximum atomic E-state index is 11.7. The van der Waals surface area contributed by atoms with E-state index in [1.165, 1.54) is 5.56 Å². The van der Waals surface area contributed by atoms with Crippen LogP contribution in [-0.2, 0) is 16.1 Å². The van der Waals surface area contributed by atoms with E-state index in [4.69, 9.17) is 29.7 Å². The van der Waals surface area contributed by atoms with Crippen LogP contribution in [-0.4, -0.2) is 110 Å². The largest absolute Gasteiger partial charge is 0.490 e. The van der Waals surface area contributed by atoms with Gasteiger partial charge in [0.15, 0.2) is 11.5 Å². The Labute approximate surface area is 285 Å². The molecule has 0 spiro atoms. The van der Waals surface area contributed by atoms with Gasteiger partial charge in [-0.3, -0.25) is 9.80 Å². The molecule has 3 N–H and O–H groups in total. The quantitative estimate of drug-likeness (QED) is 0.232. The number of alkyl halides is 3. The van der Waals surface area contributed by atoms with E-state index in [1.54, 1.807) is 12.1 Å². The molecule has 1 amide bonds. The molecule has 3 saturated heterocycles. The summed E-state index contributed by atoms with van der Waals surface area (Å²) in [4.78, 5) is 36.7. The van der Waals surface area contributed by atoms with Gasteiger partial charge < -0.3 is 25.0 Å². The number of carbonyl (C=O) groups is 2. The van der Waals surface area contributed by atoms with Gasteiger partial charge in [-0.25, -0.2) is 24.2 Å². The maximum Gasteiger partial charge on any atom is 0.490 e. The van der Waals surface area contributed by atoms with Crippen LogP contribution in [0.15, 0.2) is 60.8 Å². The monoisotopic (exact) mass is 697 g/mol. The van der Waals surface area contributed by atoms with Crippen molar-refractivity contribution in [1.29, 1.82) is 0 Å². The number of amides is 1. The molecule has 2 bridgehead atoms. The predicted octanol–water partition coefficient (Wildman–Crippen LogP) is 4.81. The molecule has 13 nitrogen and oxygen atoms in total. The minimum absolute atomic E-state index is 0.00397. The van der Waals surface area contributed by atoms with Gasteiger partial charge in [0.05, 0.1) is 43.0 Å². The number of aromatic nitrogens is 4. The molecule has 7 rings (SSSR count). The Morgan fingerprint density at radius 3 is 2.14 bits per heavy atom. The van der Waals surface area contributed by atoms with Gasteiger partial charge in [-0.05, 0) is 55.5 Å². The number of fused-ring (bicyclic) bond motifs is 3. The molecule has 4 aromatic rings. The molecule has 3 aliphatic rings. The molecule has 2 unspecified atom stereocenters. The second kappa shape index (κ2) is 15.0. The van der Waals surface area contributed by atoms with Gasteiger partial charge in [0.1, 0.15) is 5.82 Å². The summed E-state index contributed by atoms with van der Waals surface area (Å²) < 4.78 is 40.0. The molecule has 0 aliphatic carbocycles. The van der Waals surface area contributed by atoms with Crippen molar-refractivity contribution in [3.63, 3.8) is 0 Å². The predicted molar refractivity (Wildman–Crippen MR) is 177 cm³/mol. The Morgan fingerprint density at radius 2 is 1.56 bits per heavy atom. The minimum atomic E-state index is -5.08. The van der Waals surface area contributed by atoms with Gasteiger partial charge in [-0.15, -0.1) is 0 Å². The molecule has 5 heterocycles. The fourth-order valence-electron chi connectivity index (χ4n) is 6.73. The first-order valence-electron chi connectivity index (χ1n) is 16.4. The molecule has 266 valence electrons. The minimum Gasteiger partial charge on any atom is -0.475 e. The van der Waals surface area contributed by atoms with Gasteiger partial charge >= 0.3 is 18.2 Å². The Balaban J connectivity index is 0.000000561. The number of ether oxygens (including phenoxy) is 1. The van der Waals surface area contributed by atoms with Crippen molar-refractivity contribution < 1.29 is 42.8 Å². The number of aliphatic hydroxyl groups is 1. The Morgan fingerprint density at radius 1 is 0.920 bits per heavy atom. The lowest BCUT2D eigenvalue weighted by atomic mass is 10.0. The van der Waals surface area contributed by atoms with Crippen LogP contribution in [0.4, 0.5) is 29.5 Å². The lowest BCUT2D eigenvalue weighted by Crippen LogP contribution is -2.43. The second-order valence-electron chi connectivity index (χ2n) is 12.6. The smallest absolute Gasteiger partial charge is 0.475 e. The molecule has 2 atom stereocenters. The van der Waals surface area contributed by atoms with Crippen LogP contribution in [0.3, 0.4) is 0 Å². The normalized spacial score (nSPS) is 19.6. The number of carboxylic acid groups (broad SMARTS) is 2. The molecular weight excluding hydrogens is 659 g/mol. The fourth-order valence-corrected chi connectivity index (χ4v) is 6.73. The molecule has 2 aromatic carbocycles. The summed E-state index contributed by atoms with van der Waals surface area (Å²) in [5.74, 6) is -1.29. The molecule has 3 fully saturated rings. The first kappa shape index (κ1) is 35.0. The molecule has 0 saturated carbocycles. The van der Waals surface area contributed by atoms with Gasteiger partial charge in [-0.2, -0.15) is 18.3 Å². The third kappa shape index (κ3) is 7.98. The number of carboxylic acids is 1. The van der Waals surface area contributed by atoms with E-state index in [1.807, 2.05) is 18.3 Å². The number of nitrogens with zero attached hydrogens (tertiary/aromatic N) is 7. The first-order valence-corrected chi connectivity index (χ1v) is 16.4. The van der Waals surface area contributed by atoms with Crippen LogP contribution in [0.25, 0.3) is 22.4 Å². The SMILES string of the molecule is O=C(O)C(F)(F)F.O=C(O)N(CCO)c1ccc(-c2nc(N3CC4CCC(C3)O4)c3cnn(C4CCN(Cc5ccccc5)CC4)c3n2)cc1. The lowest BCUT2D eigenvalue weighted by molar-refractivity contribution is -0.192. The van der Waals surface area contributed by atoms with Gasteiger partial charge in [-0.1, -0.05) is 30.3 Å². The summed E-state index contributed by atoms with van der Waals surface area (Å²) in [7, 11) is 0. The average molecular weight is 698 g/mol. The van der Waals surface area contributed by atoms with Crippen LogP contribution in [0, 0.1) is 0 Å².